The summed E-state index contributed by atoms with van der Waals surface area (Å²) in [7, 11) is 4.06. The molecule has 5 unspecified atom stereocenters. The topological polar surface area (TPSA) is 15.3 Å². The lowest BCUT2D eigenvalue weighted by atomic mass is 9.79. The number of hydrogen-bond donors (Lipinski definition) is 1. The third-order valence-corrected chi connectivity index (χ3v) is 6.51. The Hall–Kier alpha value is -0.890. The van der Waals surface area contributed by atoms with Crippen LogP contribution in [-0.4, -0.2) is 20.1 Å². The highest BCUT2D eigenvalue weighted by Crippen LogP contribution is 2.59. The van der Waals surface area contributed by atoms with Crippen molar-refractivity contribution in [1.29, 1.82) is 0 Å². The van der Waals surface area contributed by atoms with E-state index in [1.54, 1.807) is 0 Å². The van der Waals surface area contributed by atoms with E-state index >= 15 is 0 Å². The monoisotopic (exact) mass is 304 g/mol. The highest BCUT2D eigenvalue weighted by atomic mass is 35.5. The van der Waals surface area contributed by atoms with Crippen LogP contribution >= 0.6 is 11.6 Å². The summed E-state index contributed by atoms with van der Waals surface area (Å²) in [5, 5.41) is 4.63. The third-order valence-electron chi connectivity index (χ3n) is 6.21. The molecular formula is C18H25ClN2. The summed E-state index contributed by atoms with van der Waals surface area (Å²) in [6.07, 6.45) is 7.29. The third kappa shape index (κ3) is 2.23. The van der Waals surface area contributed by atoms with Crippen molar-refractivity contribution in [3.05, 3.63) is 23.2 Å². The van der Waals surface area contributed by atoms with Gasteiger partial charge in [0.15, 0.2) is 0 Å². The summed E-state index contributed by atoms with van der Waals surface area (Å²) < 4.78 is 0. The maximum Gasteiger partial charge on any atom is 0.0659 e. The zero-order valence-corrected chi connectivity index (χ0v) is 13.7. The number of halogens is 1. The van der Waals surface area contributed by atoms with Gasteiger partial charge >= 0.3 is 0 Å². The summed E-state index contributed by atoms with van der Waals surface area (Å²) in [5.74, 6) is 3.98. The SMILES string of the molecule is CN(C)c1ccc(NC2CC3CC2C2CCCC32)cc1Cl. The highest BCUT2D eigenvalue weighted by molar-refractivity contribution is 6.33. The molecule has 3 saturated carbocycles. The van der Waals surface area contributed by atoms with Crippen molar-refractivity contribution >= 4 is 23.0 Å². The molecule has 0 saturated heterocycles. The van der Waals surface area contributed by atoms with E-state index in [-0.39, 0.29) is 0 Å². The van der Waals surface area contributed by atoms with Crippen LogP contribution in [0.15, 0.2) is 18.2 Å². The fraction of sp³-hybridized carbons (Fsp3) is 0.667. The molecule has 0 amide bonds. The second-order valence-electron chi connectivity index (χ2n) is 7.47. The van der Waals surface area contributed by atoms with Crippen LogP contribution < -0.4 is 10.2 Å². The first-order chi connectivity index (χ1) is 10.1. The number of nitrogens with zero attached hydrogens (tertiary/aromatic N) is 1. The second kappa shape index (κ2) is 5.08. The van der Waals surface area contributed by atoms with Crippen molar-refractivity contribution < 1.29 is 0 Å². The van der Waals surface area contributed by atoms with Gasteiger partial charge in [-0.3, -0.25) is 0 Å². The van der Waals surface area contributed by atoms with Crippen LogP contribution in [0.2, 0.25) is 5.02 Å². The minimum atomic E-state index is 0.677. The molecule has 3 fully saturated rings. The summed E-state index contributed by atoms with van der Waals surface area (Å²) in [4.78, 5) is 2.06. The van der Waals surface area contributed by atoms with Gasteiger partial charge in [0.05, 0.1) is 10.7 Å². The van der Waals surface area contributed by atoms with Crippen molar-refractivity contribution in [2.24, 2.45) is 23.7 Å². The van der Waals surface area contributed by atoms with Gasteiger partial charge in [-0.1, -0.05) is 18.0 Å². The van der Waals surface area contributed by atoms with E-state index in [1.807, 2.05) is 14.1 Å². The van der Waals surface area contributed by atoms with Gasteiger partial charge in [-0.25, -0.2) is 0 Å². The fourth-order valence-corrected chi connectivity index (χ4v) is 5.76. The van der Waals surface area contributed by atoms with Crippen molar-refractivity contribution in [1.82, 2.24) is 0 Å². The first-order valence-corrected chi connectivity index (χ1v) is 8.74. The molecule has 4 rings (SSSR count). The summed E-state index contributed by atoms with van der Waals surface area (Å²) in [5.41, 5.74) is 2.28. The number of benzene rings is 1. The molecule has 1 N–H and O–H groups in total. The molecule has 0 heterocycles. The van der Waals surface area contributed by atoms with E-state index in [9.17, 15) is 0 Å². The minimum Gasteiger partial charge on any atom is -0.382 e. The van der Waals surface area contributed by atoms with E-state index in [0.29, 0.717) is 6.04 Å². The number of rotatable bonds is 3. The lowest BCUT2D eigenvalue weighted by Crippen LogP contribution is -2.33. The van der Waals surface area contributed by atoms with E-state index in [2.05, 4.69) is 28.4 Å². The molecule has 0 aromatic heterocycles. The van der Waals surface area contributed by atoms with E-state index in [0.717, 1.165) is 34.4 Å². The Kier molecular flexibility index (Phi) is 3.33. The summed E-state index contributed by atoms with van der Waals surface area (Å²) >= 11 is 6.40. The van der Waals surface area contributed by atoms with Gasteiger partial charge in [0, 0.05) is 25.8 Å². The molecule has 0 spiro atoms. The maximum atomic E-state index is 6.40. The molecule has 1 aromatic carbocycles. The van der Waals surface area contributed by atoms with Gasteiger partial charge in [0.1, 0.15) is 0 Å². The fourth-order valence-electron chi connectivity index (χ4n) is 5.41. The van der Waals surface area contributed by atoms with Crippen LogP contribution in [0.5, 0.6) is 0 Å². The molecule has 0 aliphatic heterocycles. The maximum absolute atomic E-state index is 6.40. The van der Waals surface area contributed by atoms with Crippen LogP contribution in [0.25, 0.3) is 0 Å². The van der Waals surface area contributed by atoms with Gasteiger partial charge in [-0.2, -0.15) is 0 Å². The molecule has 0 radical (unpaired) electrons. The van der Waals surface area contributed by atoms with Gasteiger partial charge in [0.2, 0.25) is 0 Å². The van der Waals surface area contributed by atoms with Crippen molar-refractivity contribution in [2.45, 2.75) is 38.1 Å². The number of nitrogens with one attached hydrogen (secondary N) is 1. The molecule has 2 nitrogen and oxygen atoms in total. The van der Waals surface area contributed by atoms with Crippen LogP contribution in [0.4, 0.5) is 11.4 Å². The summed E-state index contributed by atoms with van der Waals surface area (Å²) in [6, 6.07) is 7.07. The average Bonchev–Trinajstić information content (AvgIpc) is 3.09. The van der Waals surface area contributed by atoms with Crippen molar-refractivity contribution in [3.63, 3.8) is 0 Å². The van der Waals surface area contributed by atoms with Gasteiger partial charge in [0.25, 0.3) is 0 Å². The van der Waals surface area contributed by atoms with Crippen molar-refractivity contribution in [3.8, 4) is 0 Å². The Labute approximate surface area is 132 Å². The van der Waals surface area contributed by atoms with E-state index in [1.165, 1.54) is 37.8 Å². The lowest BCUT2D eigenvalue weighted by molar-refractivity contribution is 0.243. The van der Waals surface area contributed by atoms with Gasteiger partial charge < -0.3 is 10.2 Å². The van der Waals surface area contributed by atoms with Gasteiger partial charge in [-0.15, -0.1) is 0 Å². The van der Waals surface area contributed by atoms with Crippen LogP contribution in [-0.2, 0) is 0 Å². The Morgan fingerprint density at radius 3 is 2.67 bits per heavy atom. The Balaban J connectivity index is 1.49. The Bertz CT molecular complexity index is 542. The lowest BCUT2D eigenvalue weighted by Gasteiger charge is -2.32. The number of fused-ring (bicyclic) bond motifs is 5. The Morgan fingerprint density at radius 1 is 1.10 bits per heavy atom. The largest absolute Gasteiger partial charge is 0.382 e. The van der Waals surface area contributed by atoms with Crippen LogP contribution in [0, 0.1) is 23.7 Å². The molecule has 3 aliphatic rings. The molecule has 3 aliphatic carbocycles. The van der Waals surface area contributed by atoms with Crippen LogP contribution in [0.1, 0.15) is 32.1 Å². The molecule has 2 bridgehead atoms. The van der Waals surface area contributed by atoms with E-state index < -0.39 is 0 Å². The number of anilines is 2. The standard InChI is InChI=1S/C18H25ClN2/c1-21(2)18-7-6-12(10-16(18)19)20-17-9-11-8-15(17)14-5-3-4-13(11)14/h6-7,10-11,13-15,17,20H,3-5,8-9H2,1-2H3. The first-order valence-electron chi connectivity index (χ1n) is 8.37. The molecule has 5 atom stereocenters. The number of hydrogen-bond acceptors (Lipinski definition) is 2. The van der Waals surface area contributed by atoms with Gasteiger partial charge in [-0.05, 0) is 67.6 Å². The quantitative estimate of drug-likeness (QED) is 0.875. The second-order valence-corrected chi connectivity index (χ2v) is 7.87. The minimum absolute atomic E-state index is 0.677. The predicted octanol–water partition coefficient (Wildman–Crippen LogP) is 4.64. The summed E-state index contributed by atoms with van der Waals surface area (Å²) in [6.45, 7) is 0. The van der Waals surface area contributed by atoms with E-state index in [4.69, 9.17) is 11.6 Å². The first kappa shape index (κ1) is 13.8. The molecule has 21 heavy (non-hydrogen) atoms. The predicted molar refractivity (Wildman–Crippen MR) is 90.2 cm³/mol. The zero-order chi connectivity index (χ0) is 14.6. The highest BCUT2D eigenvalue weighted by Gasteiger charge is 2.53. The molecule has 114 valence electrons. The molecular weight excluding hydrogens is 280 g/mol. The average molecular weight is 305 g/mol. The molecule has 1 aromatic rings. The molecule has 3 heteroatoms. The Morgan fingerprint density at radius 2 is 1.90 bits per heavy atom. The van der Waals surface area contributed by atoms with Crippen molar-refractivity contribution in [2.75, 3.05) is 24.3 Å². The normalized spacial score (nSPS) is 36.8. The zero-order valence-electron chi connectivity index (χ0n) is 13.0. The van der Waals surface area contributed by atoms with Crippen LogP contribution in [0.3, 0.4) is 0 Å². The smallest absolute Gasteiger partial charge is 0.0659 e.